The van der Waals surface area contributed by atoms with Crippen molar-refractivity contribution in [1.29, 1.82) is 0 Å². The molecule has 1 aromatic heterocycles. The molecule has 0 aliphatic rings. The van der Waals surface area contributed by atoms with Gasteiger partial charge in [0.15, 0.2) is 0 Å². The molecule has 0 radical (unpaired) electrons. The highest BCUT2D eigenvalue weighted by molar-refractivity contribution is 5.73. The molecule has 1 heterocycles. The number of aromatic nitrogens is 1. The first-order chi connectivity index (χ1) is 9.77. The SMILES string of the molecule is Cc1c(-c2ccccc2)cnc(-c2ccccc2)c1C. The number of nitrogens with zero attached hydrogens (tertiary/aromatic N) is 1. The lowest BCUT2D eigenvalue weighted by Crippen LogP contribution is -1.95. The summed E-state index contributed by atoms with van der Waals surface area (Å²) in [6, 6.07) is 20.8. The first kappa shape index (κ1) is 12.6. The molecular formula is C19H17N. The Kier molecular flexibility index (Phi) is 3.34. The molecule has 20 heavy (non-hydrogen) atoms. The minimum absolute atomic E-state index is 1.07. The van der Waals surface area contributed by atoms with Crippen LogP contribution >= 0.6 is 0 Å². The molecule has 0 aliphatic carbocycles. The fourth-order valence-corrected chi connectivity index (χ4v) is 2.50. The van der Waals surface area contributed by atoms with Gasteiger partial charge in [-0.1, -0.05) is 60.7 Å². The van der Waals surface area contributed by atoms with Gasteiger partial charge in [-0.25, -0.2) is 0 Å². The van der Waals surface area contributed by atoms with Gasteiger partial charge in [0.25, 0.3) is 0 Å². The summed E-state index contributed by atoms with van der Waals surface area (Å²) in [5, 5.41) is 0. The van der Waals surface area contributed by atoms with Crippen LogP contribution in [0.3, 0.4) is 0 Å². The maximum atomic E-state index is 4.69. The van der Waals surface area contributed by atoms with Crippen molar-refractivity contribution < 1.29 is 0 Å². The number of pyridine rings is 1. The highest BCUT2D eigenvalue weighted by atomic mass is 14.7. The molecule has 2 aromatic carbocycles. The van der Waals surface area contributed by atoms with Crippen LogP contribution in [0.25, 0.3) is 22.4 Å². The van der Waals surface area contributed by atoms with Gasteiger partial charge in [-0.15, -0.1) is 0 Å². The second-order valence-corrected chi connectivity index (χ2v) is 5.00. The molecule has 0 aliphatic heterocycles. The molecule has 3 aromatic rings. The van der Waals surface area contributed by atoms with Crippen LogP contribution < -0.4 is 0 Å². The van der Waals surface area contributed by atoms with E-state index in [1.807, 2.05) is 18.3 Å². The van der Waals surface area contributed by atoms with E-state index >= 15 is 0 Å². The molecule has 0 saturated carbocycles. The zero-order valence-corrected chi connectivity index (χ0v) is 11.8. The van der Waals surface area contributed by atoms with Gasteiger partial charge in [-0.3, -0.25) is 4.98 Å². The van der Waals surface area contributed by atoms with Gasteiger partial charge in [-0.2, -0.15) is 0 Å². The summed E-state index contributed by atoms with van der Waals surface area (Å²) >= 11 is 0. The normalized spacial score (nSPS) is 10.5. The van der Waals surface area contributed by atoms with E-state index in [2.05, 4.69) is 67.4 Å². The zero-order valence-electron chi connectivity index (χ0n) is 11.8. The first-order valence-electron chi connectivity index (χ1n) is 6.84. The van der Waals surface area contributed by atoms with Gasteiger partial charge in [0.05, 0.1) is 5.69 Å². The van der Waals surface area contributed by atoms with E-state index in [0.717, 1.165) is 5.69 Å². The van der Waals surface area contributed by atoms with Crippen LogP contribution in [0.2, 0.25) is 0 Å². The fourth-order valence-electron chi connectivity index (χ4n) is 2.50. The lowest BCUT2D eigenvalue weighted by molar-refractivity contribution is 1.22. The Hall–Kier alpha value is -2.41. The van der Waals surface area contributed by atoms with Gasteiger partial charge in [-0.05, 0) is 30.5 Å². The van der Waals surface area contributed by atoms with Crippen molar-refractivity contribution in [1.82, 2.24) is 4.98 Å². The molecule has 0 atom stereocenters. The fraction of sp³-hybridized carbons (Fsp3) is 0.105. The topological polar surface area (TPSA) is 12.9 Å². The van der Waals surface area contributed by atoms with E-state index in [-0.39, 0.29) is 0 Å². The summed E-state index contributed by atoms with van der Waals surface area (Å²) in [6.07, 6.45) is 1.99. The Morgan fingerprint density at radius 3 is 1.80 bits per heavy atom. The Morgan fingerprint density at radius 2 is 1.20 bits per heavy atom. The second-order valence-electron chi connectivity index (χ2n) is 5.00. The van der Waals surface area contributed by atoms with Crippen LogP contribution in [0, 0.1) is 13.8 Å². The Morgan fingerprint density at radius 1 is 0.650 bits per heavy atom. The summed E-state index contributed by atoms with van der Waals surface area (Å²) in [4.78, 5) is 4.69. The van der Waals surface area contributed by atoms with E-state index in [1.165, 1.54) is 27.8 Å². The second kappa shape index (κ2) is 5.30. The van der Waals surface area contributed by atoms with Crippen LogP contribution in [0.5, 0.6) is 0 Å². The highest BCUT2D eigenvalue weighted by Crippen LogP contribution is 2.30. The van der Waals surface area contributed by atoms with Crippen molar-refractivity contribution in [2.75, 3.05) is 0 Å². The lowest BCUT2D eigenvalue weighted by atomic mass is 9.96. The van der Waals surface area contributed by atoms with Crippen molar-refractivity contribution in [2.24, 2.45) is 0 Å². The quantitative estimate of drug-likeness (QED) is 0.628. The van der Waals surface area contributed by atoms with E-state index in [4.69, 9.17) is 0 Å². The molecule has 1 nitrogen and oxygen atoms in total. The highest BCUT2D eigenvalue weighted by Gasteiger charge is 2.10. The van der Waals surface area contributed by atoms with Crippen molar-refractivity contribution in [3.05, 3.63) is 78.0 Å². The van der Waals surface area contributed by atoms with Crippen molar-refractivity contribution in [3.8, 4) is 22.4 Å². The standard InChI is InChI=1S/C19H17N/c1-14-15(2)19(17-11-7-4-8-12-17)20-13-18(14)16-9-5-3-6-10-16/h3-13H,1-2H3. The first-order valence-corrected chi connectivity index (χ1v) is 6.84. The van der Waals surface area contributed by atoms with Gasteiger partial charge < -0.3 is 0 Å². The number of hydrogen-bond donors (Lipinski definition) is 0. The predicted molar refractivity (Wildman–Crippen MR) is 84.6 cm³/mol. The maximum Gasteiger partial charge on any atom is 0.0734 e. The largest absolute Gasteiger partial charge is 0.255 e. The Bertz CT molecular complexity index is 651. The summed E-state index contributed by atoms with van der Waals surface area (Å²) in [6.45, 7) is 4.32. The van der Waals surface area contributed by atoms with Crippen LogP contribution in [0.15, 0.2) is 66.9 Å². The molecule has 3 rings (SSSR count). The van der Waals surface area contributed by atoms with Crippen LogP contribution in [-0.4, -0.2) is 4.98 Å². The zero-order chi connectivity index (χ0) is 13.9. The monoisotopic (exact) mass is 259 g/mol. The van der Waals surface area contributed by atoms with Crippen molar-refractivity contribution in [3.63, 3.8) is 0 Å². The van der Waals surface area contributed by atoms with E-state index in [9.17, 15) is 0 Å². The van der Waals surface area contributed by atoms with E-state index in [0.29, 0.717) is 0 Å². The van der Waals surface area contributed by atoms with Crippen molar-refractivity contribution in [2.45, 2.75) is 13.8 Å². The maximum absolute atomic E-state index is 4.69. The molecule has 0 amide bonds. The Labute approximate surface area is 119 Å². The average molecular weight is 259 g/mol. The minimum atomic E-state index is 1.07. The summed E-state index contributed by atoms with van der Waals surface area (Å²) < 4.78 is 0. The van der Waals surface area contributed by atoms with Gasteiger partial charge in [0, 0.05) is 17.3 Å². The third kappa shape index (κ3) is 2.23. The van der Waals surface area contributed by atoms with Crippen LogP contribution in [0.4, 0.5) is 0 Å². The van der Waals surface area contributed by atoms with Crippen molar-refractivity contribution >= 4 is 0 Å². The molecule has 0 unspecified atom stereocenters. The van der Waals surface area contributed by atoms with E-state index in [1.54, 1.807) is 0 Å². The molecular weight excluding hydrogens is 242 g/mol. The Balaban J connectivity index is 2.13. The number of benzene rings is 2. The summed E-state index contributed by atoms with van der Waals surface area (Å²) in [5.41, 5.74) is 7.22. The van der Waals surface area contributed by atoms with Crippen LogP contribution in [-0.2, 0) is 0 Å². The van der Waals surface area contributed by atoms with Gasteiger partial charge in [0.2, 0.25) is 0 Å². The third-order valence-electron chi connectivity index (χ3n) is 3.78. The summed E-state index contributed by atoms with van der Waals surface area (Å²) in [7, 11) is 0. The minimum Gasteiger partial charge on any atom is -0.255 e. The van der Waals surface area contributed by atoms with Gasteiger partial charge >= 0.3 is 0 Å². The summed E-state index contributed by atoms with van der Waals surface area (Å²) in [5.74, 6) is 0. The third-order valence-corrected chi connectivity index (χ3v) is 3.78. The molecule has 98 valence electrons. The van der Waals surface area contributed by atoms with E-state index < -0.39 is 0 Å². The molecule has 0 spiro atoms. The molecule has 0 fully saturated rings. The molecule has 0 saturated heterocycles. The molecule has 1 heteroatoms. The molecule has 0 bridgehead atoms. The number of hydrogen-bond acceptors (Lipinski definition) is 1. The average Bonchev–Trinajstić information content (AvgIpc) is 2.52. The predicted octanol–water partition coefficient (Wildman–Crippen LogP) is 5.03. The molecule has 0 N–H and O–H groups in total. The number of rotatable bonds is 2. The smallest absolute Gasteiger partial charge is 0.0734 e. The van der Waals surface area contributed by atoms with Crippen LogP contribution in [0.1, 0.15) is 11.1 Å². The van der Waals surface area contributed by atoms with Gasteiger partial charge in [0.1, 0.15) is 0 Å². The lowest BCUT2D eigenvalue weighted by Gasteiger charge is -2.13.